The van der Waals surface area contributed by atoms with E-state index in [2.05, 4.69) is 19.9 Å². The fourth-order valence-electron chi connectivity index (χ4n) is 2.22. The Balaban J connectivity index is 2.10. The molecule has 1 fully saturated rings. The summed E-state index contributed by atoms with van der Waals surface area (Å²) in [4.78, 5) is 0. The summed E-state index contributed by atoms with van der Waals surface area (Å²) in [6.07, 6.45) is 2.61. The predicted molar refractivity (Wildman–Crippen MR) is 60.2 cm³/mol. The fourth-order valence-corrected chi connectivity index (χ4v) is 2.22. The molecule has 0 unspecified atom stereocenters. The molecule has 0 spiro atoms. The van der Waals surface area contributed by atoms with Gasteiger partial charge in [0.05, 0.1) is 6.10 Å². The Hall–Kier alpha value is -1.02. The van der Waals surface area contributed by atoms with E-state index in [1.807, 2.05) is 12.1 Å². The smallest absolute Gasteiger partial charge is 0.124 e. The first-order valence-corrected chi connectivity index (χ1v) is 5.58. The molecule has 0 saturated heterocycles. The van der Waals surface area contributed by atoms with Crippen molar-refractivity contribution >= 4 is 0 Å². The highest BCUT2D eigenvalue weighted by atomic mass is 16.5. The molecule has 2 nitrogen and oxygen atoms in total. The van der Waals surface area contributed by atoms with Gasteiger partial charge in [0.2, 0.25) is 0 Å². The van der Waals surface area contributed by atoms with E-state index >= 15 is 0 Å². The van der Waals surface area contributed by atoms with Gasteiger partial charge in [-0.15, -0.1) is 0 Å². The van der Waals surface area contributed by atoms with E-state index in [4.69, 9.17) is 4.74 Å². The van der Waals surface area contributed by atoms with Crippen molar-refractivity contribution in [3.05, 3.63) is 29.3 Å². The van der Waals surface area contributed by atoms with Crippen molar-refractivity contribution in [3.8, 4) is 5.75 Å². The Bertz CT molecular complexity index is 326. The standard InChI is InChI=1S/C13H18O2/c1-9-6-10(2)8-11(7-9)15-13-5-3-4-12(13)14/h6-8,12-14H,3-5H2,1-2H3/t12-,13-/m0/s1. The molecule has 82 valence electrons. The maximum Gasteiger partial charge on any atom is 0.124 e. The first-order valence-electron chi connectivity index (χ1n) is 5.58. The second kappa shape index (κ2) is 4.23. The Morgan fingerprint density at radius 2 is 1.80 bits per heavy atom. The second-order valence-electron chi connectivity index (χ2n) is 4.48. The van der Waals surface area contributed by atoms with Crippen LogP contribution >= 0.6 is 0 Å². The summed E-state index contributed by atoms with van der Waals surface area (Å²) in [5.41, 5.74) is 2.41. The van der Waals surface area contributed by atoms with Crippen LogP contribution in [0.1, 0.15) is 30.4 Å². The van der Waals surface area contributed by atoms with Crippen LogP contribution in [0.25, 0.3) is 0 Å². The Morgan fingerprint density at radius 1 is 1.13 bits per heavy atom. The number of hydrogen-bond acceptors (Lipinski definition) is 2. The zero-order chi connectivity index (χ0) is 10.8. The average Bonchev–Trinajstić information content (AvgIpc) is 2.50. The van der Waals surface area contributed by atoms with E-state index in [1.54, 1.807) is 0 Å². The van der Waals surface area contributed by atoms with Crippen LogP contribution in [-0.2, 0) is 0 Å². The van der Waals surface area contributed by atoms with Crippen LogP contribution in [-0.4, -0.2) is 17.3 Å². The number of benzene rings is 1. The molecule has 2 atom stereocenters. The molecule has 0 bridgehead atoms. The quantitative estimate of drug-likeness (QED) is 0.806. The van der Waals surface area contributed by atoms with Gasteiger partial charge in [0, 0.05) is 0 Å². The number of rotatable bonds is 2. The van der Waals surface area contributed by atoms with E-state index in [0.717, 1.165) is 25.0 Å². The largest absolute Gasteiger partial charge is 0.488 e. The van der Waals surface area contributed by atoms with Gasteiger partial charge < -0.3 is 9.84 Å². The zero-order valence-electron chi connectivity index (χ0n) is 9.36. The van der Waals surface area contributed by atoms with Crippen LogP contribution in [0, 0.1) is 13.8 Å². The van der Waals surface area contributed by atoms with Gasteiger partial charge in [-0.05, 0) is 56.4 Å². The first kappa shape index (κ1) is 10.5. The SMILES string of the molecule is Cc1cc(C)cc(O[C@H]2CCC[C@@H]2O)c1. The average molecular weight is 206 g/mol. The topological polar surface area (TPSA) is 29.5 Å². The molecule has 2 heteroatoms. The molecule has 0 aromatic heterocycles. The Kier molecular flexibility index (Phi) is 2.96. The third-order valence-electron chi connectivity index (χ3n) is 2.90. The molecule has 2 rings (SSSR count). The van der Waals surface area contributed by atoms with Gasteiger partial charge >= 0.3 is 0 Å². The molecule has 0 aliphatic heterocycles. The number of aliphatic hydroxyl groups is 1. The van der Waals surface area contributed by atoms with Crippen molar-refractivity contribution in [2.75, 3.05) is 0 Å². The molecular weight excluding hydrogens is 188 g/mol. The van der Waals surface area contributed by atoms with Crippen LogP contribution in [0.15, 0.2) is 18.2 Å². The van der Waals surface area contributed by atoms with Gasteiger partial charge in [0.1, 0.15) is 11.9 Å². The maximum absolute atomic E-state index is 9.66. The van der Waals surface area contributed by atoms with Crippen LogP contribution in [0.2, 0.25) is 0 Å². The van der Waals surface area contributed by atoms with Crippen LogP contribution in [0.4, 0.5) is 0 Å². The first-order chi connectivity index (χ1) is 7.15. The molecule has 1 saturated carbocycles. The minimum atomic E-state index is -0.286. The highest BCUT2D eigenvalue weighted by Gasteiger charge is 2.26. The number of ether oxygens (including phenoxy) is 1. The number of aliphatic hydroxyl groups excluding tert-OH is 1. The normalized spacial score (nSPS) is 25.5. The third kappa shape index (κ3) is 2.51. The summed E-state index contributed by atoms with van der Waals surface area (Å²) in [5, 5.41) is 9.66. The maximum atomic E-state index is 9.66. The highest BCUT2D eigenvalue weighted by Crippen LogP contribution is 2.25. The van der Waals surface area contributed by atoms with E-state index < -0.39 is 0 Å². The molecule has 1 aliphatic carbocycles. The molecule has 1 aromatic carbocycles. The molecular formula is C13H18O2. The van der Waals surface area contributed by atoms with E-state index in [0.29, 0.717) is 0 Å². The fraction of sp³-hybridized carbons (Fsp3) is 0.538. The lowest BCUT2D eigenvalue weighted by Crippen LogP contribution is -2.25. The predicted octanol–water partition coefficient (Wildman–Crippen LogP) is 2.60. The van der Waals surface area contributed by atoms with E-state index in [1.165, 1.54) is 11.1 Å². The summed E-state index contributed by atoms with van der Waals surface area (Å²) in [6, 6.07) is 6.17. The number of aryl methyl sites for hydroxylation is 2. The van der Waals surface area contributed by atoms with E-state index in [-0.39, 0.29) is 12.2 Å². The summed E-state index contributed by atoms with van der Waals surface area (Å²) in [5.74, 6) is 0.887. The monoisotopic (exact) mass is 206 g/mol. The second-order valence-corrected chi connectivity index (χ2v) is 4.48. The van der Waals surface area contributed by atoms with Gasteiger partial charge in [-0.2, -0.15) is 0 Å². The van der Waals surface area contributed by atoms with Crippen molar-refractivity contribution in [2.24, 2.45) is 0 Å². The summed E-state index contributed by atoms with van der Waals surface area (Å²) in [7, 11) is 0. The highest BCUT2D eigenvalue weighted by molar-refractivity contribution is 5.33. The van der Waals surface area contributed by atoms with Crippen molar-refractivity contribution in [1.29, 1.82) is 0 Å². The van der Waals surface area contributed by atoms with E-state index in [9.17, 15) is 5.11 Å². The molecule has 1 aliphatic rings. The lowest BCUT2D eigenvalue weighted by Gasteiger charge is -2.17. The van der Waals surface area contributed by atoms with Gasteiger partial charge in [0.25, 0.3) is 0 Å². The summed E-state index contributed by atoms with van der Waals surface area (Å²) >= 11 is 0. The van der Waals surface area contributed by atoms with Crippen LogP contribution in [0.3, 0.4) is 0 Å². The molecule has 0 heterocycles. The van der Waals surface area contributed by atoms with Crippen molar-refractivity contribution < 1.29 is 9.84 Å². The summed E-state index contributed by atoms with van der Waals surface area (Å²) < 4.78 is 5.80. The Morgan fingerprint density at radius 3 is 2.33 bits per heavy atom. The third-order valence-corrected chi connectivity index (χ3v) is 2.90. The van der Waals surface area contributed by atoms with Gasteiger partial charge in [0.15, 0.2) is 0 Å². The molecule has 15 heavy (non-hydrogen) atoms. The van der Waals surface area contributed by atoms with Gasteiger partial charge in [-0.3, -0.25) is 0 Å². The molecule has 1 aromatic rings. The van der Waals surface area contributed by atoms with Crippen molar-refractivity contribution in [1.82, 2.24) is 0 Å². The molecule has 0 radical (unpaired) electrons. The zero-order valence-corrected chi connectivity index (χ0v) is 9.36. The molecule has 1 N–H and O–H groups in total. The lowest BCUT2D eigenvalue weighted by atomic mass is 10.1. The Labute approximate surface area is 90.9 Å². The van der Waals surface area contributed by atoms with Crippen LogP contribution in [0.5, 0.6) is 5.75 Å². The number of hydrogen-bond donors (Lipinski definition) is 1. The minimum absolute atomic E-state index is 0.00815. The van der Waals surface area contributed by atoms with Crippen LogP contribution < -0.4 is 4.74 Å². The van der Waals surface area contributed by atoms with Gasteiger partial charge in [-0.1, -0.05) is 6.07 Å². The van der Waals surface area contributed by atoms with Crippen molar-refractivity contribution in [2.45, 2.75) is 45.3 Å². The summed E-state index contributed by atoms with van der Waals surface area (Å²) in [6.45, 7) is 4.12. The van der Waals surface area contributed by atoms with Gasteiger partial charge in [-0.25, -0.2) is 0 Å². The molecule has 0 amide bonds. The van der Waals surface area contributed by atoms with Crippen molar-refractivity contribution in [3.63, 3.8) is 0 Å². The lowest BCUT2D eigenvalue weighted by molar-refractivity contribution is 0.0603. The minimum Gasteiger partial charge on any atom is -0.488 e.